The van der Waals surface area contributed by atoms with Gasteiger partial charge >= 0.3 is 0 Å². The Kier molecular flexibility index (Phi) is 6.23. The summed E-state index contributed by atoms with van der Waals surface area (Å²) < 4.78 is 10.7. The van der Waals surface area contributed by atoms with Crippen molar-refractivity contribution in [2.24, 2.45) is 0 Å². The number of rotatable bonds is 8. The van der Waals surface area contributed by atoms with E-state index in [4.69, 9.17) is 9.47 Å². The monoisotopic (exact) mass is 381 g/mol. The summed E-state index contributed by atoms with van der Waals surface area (Å²) in [6.07, 6.45) is 3.42. The number of nitrogens with zero attached hydrogens (tertiary/aromatic N) is 3. The number of aromatic nitrogens is 3. The molecule has 3 N–H and O–H groups in total. The highest BCUT2D eigenvalue weighted by Crippen LogP contribution is 2.32. The molecule has 0 aliphatic carbocycles. The van der Waals surface area contributed by atoms with E-state index >= 15 is 0 Å². The van der Waals surface area contributed by atoms with E-state index in [1.807, 2.05) is 37.3 Å². The van der Waals surface area contributed by atoms with Gasteiger partial charge < -0.3 is 25.2 Å². The standard InChI is InChI=1S/C20H23N5O3/c1-13(12-26)22-20-24-17(14-6-8-21-9-7-14)11-19(25-20)23-16-5-4-15(27-2)10-18(16)28-3/h4-11,13,26H,12H2,1-3H3,(H2,22,23,24,25)/t13-/m0/s1. The summed E-state index contributed by atoms with van der Waals surface area (Å²) in [6, 6.07) is 10.9. The molecule has 28 heavy (non-hydrogen) atoms. The van der Waals surface area contributed by atoms with Crippen LogP contribution >= 0.6 is 0 Å². The number of methoxy groups -OCH3 is 2. The normalized spacial score (nSPS) is 11.6. The van der Waals surface area contributed by atoms with Crippen molar-refractivity contribution < 1.29 is 14.6 Å². The molecule has 1 aromatic carbocycles. The number of aliphatic hydroxyl groups excluding tert-OH is 1. The predicted molar refractivity (Wildman–Crippen MR) is 108 cm³/mol. The van der Waals surface area contributed by atoms with Crippen molar-refractivity contribution in [1.82, 2.24) is 15.0 Å². The van der Waals surface area contributed by atoms with Crippen LogP contribution in [-0.2, 0) is 0 Å². The smallest absolute Gasteiger partial charge is 0.225 e. The second kappa shape index (κ2) is 9.01. The molecule has 0 unspecified atom stereocenters. The summed E-state index contributed by atoms with van der Waals surface area (Å²) in [5.41, 5.74) is 2.37. The van der Waals surface area contributed by atoms with E-state index < -0.39 is 0 Å². The minimum Gasteiger partial charge on any atom is -0.497 e. The summed E-state index contributed by atoms with van der Waals surface area (Å²) in [4.78, 5) is 13.1. The van der Waals surface area contributed by atoms with Gasteiger partial charge in [-0.05, 0) is 31.2 Å². The molecule has 146 valence electrons. The molecule has 0 saturated carbocycles. The fourth-order valence-electron chi connectivity index (χ4n) is 2.55. The zero-order valence-corrected chi connectivity index (χ0v) is 16.0. The molecule has 0 radical (unpaired) electrons. The number of nitrogens with one attached hydrogen (secondary N) is 2. The highest BCUT2D eigenvalue weighted by atomic mass is 16.5. The van der Waals surface area contributed by atoms with Crippen LogP contribution in [0.15, 0.2) is 48.8 Å². The Labute approximate surface area is 163 Å². The van der Waals surface area contributed by atoms with Gasteiger partial charge in [0.25, 0.3) is 0 Å². The SMILES string of the molecule is COc1ccc(Nc2cc(-c3ccncc3)nc(N[C@@H](C)CO)n2)c(OC)c1. The van der Waals surface area contributed by atoms with E-state index in [-0.39, 0.29) is 12.6 Å². The first-order valence-electron chi connectivity index (χ1n) is 8.79. The number of hydrogen-bond donors (Lipinski definition) is 3. The molecule has 2 aromatic heterocycles. The van der Waals surface area contributed by atoms with Crippen molar-refractivity contribution in [3.05, 3.63) is 48.8 Å². The van der Waals surface area contributed by atoms with Gasteiger partial charge in [0.1, 0.15) is 17.3 Å². The molecule has 2 heterocycles. The lowest BCUT2D eigenvalue weighted by Gasteiger charge is -2.15. The van der Waals surface area contributed by atoms with Gasteiger partial charge in [-0.2, -0.15) is 4.98 Å². The van der Waals surface area contributed by atoms with E-state index in [1.54, 1.807) is 32.7 Å². The largest absolute Gasteiger partial charge is 0.497 e. The molecular formula is C20H23N5O3. The Bertz CT molecular complexity index is 921. The van der Waals surface area contributed by atoms with Gasteiger partial charge in [-0.15, -0.1) is 0 Å². The van der Waals surface area contributed by atoms with Crippen LogP contribution in [0.4, 0.5) is 17.5 Å². The Hall–Kier alpha value is -3.39. The van der Waals surface area contributed by atoms with Gasteiger partial charge in [0.05, 0.1) is 32.2 Å². The third-order valence-electron chi connectivity index (χ3n) is 4.02. The van der Waals surface area contributed by atoms with Crippen LogP contribution in [0.2, 0.25) is 0 Å². The van der Waals surface area contributed by atoms with Crippen LogP contribution in [0.1, 0.15) is 6.92 Å². The minimum absolute atomic E-state index is 0.0299. The number of anilines is 3. The molecule has 0 aliphatic rings. The summed E-state index contributed by atoms with van der Waals surface area (Å²) in [5, 5.41) is 15.7. The quantitative estimate of drug-likeness (QED) is 0.547. The lowest BCUT2D eigenvalue weighted by atomic mass is 10.2. The molecule has 0 fully saturated rings. The zero-order valence-electron chi connectivity index (χ0n) is 16.0. The molecule has 0 aliphatic heterocycles. The third-order valence-corrected chi connectivity index (χ3v) is 4.02. The maximum Gasteiger partial charge on any atom is 0.225 e. The van der Waals surface area contributed by atoms with E-state index in [1.165, 1.54) is 0 Å². The first kappa shape index (κ1) is 19.4. The topological polar surface area (TPSA) is 101 Å². The van der Waals surface area contributed by atoms with Crippen LogP contribution in [0.25, 0.3) is 11.3 Å². The van der Waals surface area contributed by atoms with Crippen LogP contribution in [0, 0.1) is 0 Å². The van der Waals surface area contributed by atoms with Gasteiger partial charge in [0.2, 0.25) is 5.95 Å². The molecule has 0 amide bonds. The number of ether oxygens (including phenoxy) is 2. The average Bonchev–Trinajstić information content (AvgIpc) is 2.74. The van der Waals surface area contributed by atoms with Crippen LogP contribution in [0.5, 0.6) is 11.5 Å². The van der Waals surface area contributed by atoms with Gasteiger partial charge in [-0.3, -0.25) is 4.98 Å². The third kappa shape index (κ3) is 4.66. The maximum atomic E-state index is 9.33. The van der Waals surface area contributed by atoms with Crippen molar-refractivity contribution in [3.63, 3.8) is 0 Å². The second-order valence-electron chi connectivity index (χ2n) is 6.12. The summed E-state index contributed by atoms with van der Waals surface area (Å²) in [6.45, 7) is 1.82. The number of hydrogen-bond acceptors (Lipinski definition) is 8. The van der Waals surface area contributed by atoms with Crippen molar-refractivity contribution in [2.75, 3.05) is 31.5 Å². The van der Waals surface area contributed by atoms with E-state index in [0.29, 0.717) is 23.3 Å². The number of benzene rings is 1. The average molecular weight is 381 g/mol. The Morgan fingerprint density at radius 2 is 1.82 bits per heavy atom. The van der Waals surface area contributed by atoms with Gasteiger partial charge in [-0.1, -0.05) is 0 Å². The maximum absolute atomic E-state index is 9.33. The predicted octanol–water partition coefficient (Wildman–Crippen LogP) is 3.09. The molecule has 0 saturated heterocycles. The van der Waals surface area contributed by atoms with Gasteiger partial charge in [0.15, 0.2) is 0 Å². The molecule has 0 spiro atoms. The zero-order chi connectivity index (χ0) is 19.9. The summed E-state index contributed by atoms with van der Waals surface area (Å²) in [7, 11) is 3.20. The number of pyridine rings is 1. The Morgan fingerprint density at radius 1 is 1.04 bits per heavy atom. The lowest BCUT2D eigenvalue weighted by molar-refractivity contribution is 0.281. The van der Waals surface area contributed by atoms with Crippen LogP contribution in [0.3, 0.4) is 0 Å². The second-order valence-corrected chi connectivity index (χ2v) is 6.12. The molecule has 0 bridgehead atoms. The first-order valence-corrected chi connectivity index (χ1v) is 8.79. The number of aliphatic hydroxyl groups is 1. The van der Waals surface area contributed by atoms with Gasteiger partial charge in [-0.25, -0.2) is 4.98 Å². The molecule has 3 aromatic rings. The lowest BCUT2D eigenvalue weighted by Crippen LogP contribution is -2.21. The summed E-state index contributed by atoms with van der Waals surface area (Å²) >= 11 is 0. The van der Waals surface area contributed by atoms with Crippen LogP contribution < -0.4 is 20.1 Å². The van der Waals surface area contributed by atoms with Crippen molar-refractivity contribution >= 4 is 17.5 Å². The molecule has 8 nitrogen and oxygen atoms in total. The first-order chi connectivity index (χ1) is 13.6. The molecular weight excluding hydrogens is 358 g/mol. The van der Waals surface area contributed by atoms with Crippen LogP contribution in [-0.4, -0.2) is 46.9 Å². The minimum atomic E-state index is -0.184. The fourth-order valence-corrected chi connectivity index (χ4v) is 2.55. The Balaban J connectivity index is 1.99. The van der Waals surface area contributed by atoms with Crippen molar-refractivity contribution in [1.29, 1.82) is 0 Å². The van der Waals surface area contributed by atoms with E-state index in [0.717, 1.165) is 16.9 Å². The molecule has 8 heteroatoms. The highest BCUT2D eigenvalue weighted by Gasteiger charge is 2.11. The van der Waals surface area contributed by atoms with Gasteiger partial charge in [0, 0.05) is 36.1 Å². The van der Waals surface area contributed by atoms with E-state index in [2.05, 4.69) is 25.6 Å². The molecule has 1 atom stereocenters. The highest BCUT2D eigenvalue weighted by molar-refractivity contribution is 5.70. The fraction of sp³-hybridized carbons (Fsp3) is 0.250. The summed E-state index contributed by atoms with van der Waals surface area (Å²) in [5.74, 6) is 2.31. The van der Waals surface area contributed by atoms with Crippen molar-refractivity contribution in [2.45, 2.75) is 13.0 Å². The van der Waals surface area contributed by atoms with Crippen molar-refractivity contribution in [3.8, 4) is 22.8 Å². The van der Waals surface area contributed by atoms with E-state index in [9.17, 15) is 5.11 Å². The Morgan fingerprint density at radius 3 is 2.50 bits per heavy atom. The molecule has 3 rings (SSSR count).